The molecule has 2 fully saturated rings. The van der Waals surface area contributed by atoms with Gasteiger partial charge in [-0.1, -0.05) is 43.7 Å². The van der Waals surface area contributed by atoms with Crippen molar-refractivity contribution in [3.05, 3.63) is 31.9 Å². The van der Waals surface area contributed by atoms with Gasteiger partial charge in [0.25, 0.3) is 11.5 Å². The van der Waals surface area contributed by atoms with Crippen LogP contribution in [0.3, 0.4) is 0 Å². The molecule has 1 amide bonds. The number of carboxylic acid groups (broad SMARTS) is 1. The molecule has 2 aliphatic rings. The van der Waals surface area contributed by atoms with E-state index < -0.39 is 5.97 Å². The van der Waals surface area contributed by atoms with Crippen LogP contribution >= 0.6 is 24.0 Å². The standard InChI is InChI=1S/C27H36N4O5S2/c1-5-6-11-30-24(29-15-17(2)36-18(3)16-29)20(19(4)21(14-28)25(30)34)13-22-26(35)31(27(37)38-22)12-9-7-8-10-23(32)33/h13,17-18H,5-12,15-16H2,1-4H3,(H,32,33)/b22-13-. The summed E-state index contributed by atoms with van der Waals surface area (Å²) in [6.45, 7) is 9.86. The van der Waals surface area contributed by atoms with Crippen molar-refractivity contribution in [3.8, 4) is 6.07 Å². The van der Waals surface area contributed by atoms with E-state index in [0.717, 1.165) is 12.8 Å². The first-order valence-corrected chi connectivity index (χ1v) is 14.4. The summed E-state index contributed by atoms with van der Waals surface area (Å²) in [5.41, 5.74) is 0.997. The number of rotatable bonds is 11. The number of morpholine rings is 1. The summed E-state index contributed by atoms with van der Waals surface area (Å²) in [6, 6.07) is 2.09. The molecular weight excluding hydrogens is 524 g/mol. The van der Waals surface area contributed by atoms with Crippen molar-refractivity contribution in [1.82, 2.24) is 9.47 Å². The van der Waals surface area contributed by atoms with Gasteiger partial charge in [0.05, 0.1) is 17.1 Å². The number of nitriles is 1. The second-order valence-corrected chi connectivity index (χ2v) is 11.5. The van der Waals surface area contributed by atoms with Crippen LogP contribution in [-0.2, 0) is 20.9 Å². The number of unbranched alkanes of at least 4 members (excludes halogenated alkanes) is 3. The lowest BCUT2D eigenvalue weighted by Crippen LogP contribution is -2.48. The molecule has 0 bridgehead atoms. The van der Waals surface area contributed by atoms with E-state index >= 15 is 0 Å². The number of anilines is 1. The molecule has 0 aromatic carbocycles. The summed E-state index contributed by atoms with van der Waals surface area (Å²) in [5.74, 6) is -0.330. The number of hydrogen-bond acceptors (Lipinski definition) is 8. The van der Waals surface area contributed by atoms with E-state index in [-0.39, 0.29) is 35.7 Å². The lowest BCUT2D eigenvalue weighted by Gasteiger charge is -2.39. The number of amides is 1. The molecule has 0 spiro atoms. The van der Waals surface area contributed by atoms with E-state index in [1.54, 1.807) is 22.5 Å². The zero-order chi connectivity index (χ0) is 28.0. The maximum Gasteiger partial charge on any atom is 0.303 e. The summed E-state index contributed by atoms with van der Waals surface area (Å²) >= 11 is 6.72. The number of aromatic nitrogens is 1. The van der Waals surface area contributed by atoms with Crippen LogP contribution in [0.5, 0.6) is 0 Å². The first-order valence-electron chi connectivity index (χ1n) is 13.1. The van der Waals surface area contributed by atoms with Gasteiger partial charge in [0.1, 0.15) is 21.8 Å². The Kier molecular flexibility index (Phi) is 10.5. The van der Waals surface area contributed by atoms with Gasteiger partial charge in [0.15, 0.2) is 0 Å². The van der Waals surface area contributed by atoms with Gasteiger partial charge in [-0.15, -0.1) is 0 Å². The van der Waals surface area contributed by atoms with Crippen molar-refractivity contribution >= 4 is 52.1 Å². The number of aliphatic carboxylic acids is 1. The summed E-state index contributed by atoms with van der Waals surface area (Å²) < 4.78 is 8.08. The Balaban J connectivity index is 2.04. The Morgan fingerprint density at radius 2 is 1.87 bits per heavy atom. The van der Waals surface area contributed by atoms with Crippen molar-refractivity contribution in [2.75, 3.05) is 24.5 Å². The Hall–Kier alpha value is -2.68. The average molecular weight is 561 g/mol. The first-order chi connectivity index (χ1) is 18.1. The molecular formula is C27H36N4O5S2. The minimum absolute atomic E-state index is 0.0448. The molecule has 1 N–H and O–H groups in total. The Morgan fingerprint density at radius 3 is 2.47 bits per heavy atom. The quantitative estimate of drug-likeness (QED) is 0.240. The number of carbonyl (C=O) groups excluding carboxylic acids is 1. The number of carbonyl (C=O) groups is 2. The second kappa shape index (κ2) is 13.4. The van der Waals surface area contributed by atoms with E-state index in [9.17, 15) is 19.6 Å². The first kappa shape index (κ1) is 29.9. The van der Waals surface area contributed by atoms with Crippen molar-refractivity contribution in [2.45, 2.75) is 85.0 Å². The molecule has 1 aromatic rings. The monoisotopic (exact) mass is 560 g/mol. The number of thiocarbonyl (C=S) groups is 1. The maximum atomic E-state index is 13.4. The Labute approximate surface area is 233 Å². The highest BCUT2D eigenvalue weighted by atomic mass is 32.2. The molecule has 0 aliphatic carbocycles. The fourth-order valence-electron chi connectivity index (χ4n) is 4.91. The number of nitrogens with zero attached hydrogens (tertiary/aromatic N) is 4. The SMILES string of the molecule is CCCCn1c(N2CC(C)OC(C)C2)c(/C=C2\SC(=S)N(CCCCCC(=O)O)C2=O)c(C)c(C#N)c1=O. The third-order valence-electron chi connectivity index (χ3n) is 6.72. The van der Waals surface area contributed by atoms with Gasteiger partial charge in [-0.05, 0) is 51.7 Å². The predicted octanol–water partition coefficient (Wildman–Crippen LogP) is 4.29. The summed E-state index contributed by atoms with van der Waals surface area (Å²) in [6.07, 6.45) is 5.35. The summed E-state index contributed by atoms with van der Waals surface area (Å²) in [7, 11) is 0. The van der Waals surface area contributed by atoms with E-state index in [1.165, 1.54) is 11.8 Å². The highest BCUT2D eigenvalue weighted by Gasteiger charge is 2.34. The molecule has 38 heavy (non-hydrogen) atoms. The van der Waals surface area contributed by atoms with Gasteiger partial charge in [-0.3, -0.25) is 23.9 Å². The lowest BCUT2D eigenvalue weighted by molar-refractivity contribution is -0.137. The molecule has 1 aromatic heterocycles. The normalized spacial score (nSPS) is 20.9. The van der Waals surface area contributed by atoms with Crippen LogP contribution in [0.4, 0.5) is 5.82 Å². The van der Waals surface area contributed by atoms with Crippen LogP contribution in [0, 0.1) is 18.3 Å². The molecule has 9 nitrogen and oxygen atoms in total. The van der Waals surface area contributed by atoms with Gasteiger partial charge < -0.3 is 14.7 Å². The van der Waals surface area contributed by atoms with Gasteiger partial charge in [0.2, 0.25) is 0 Å². The smallest absolute Gasteiger partial charge is 0.303 e. The second-order valence-electron chi connectivity index (χ2n) is 9.86. The topological polar surface area (TPSA) is 116 Å². The van der Waals surface area contributed by atoms with E-state index in [2.05, 4.69) is 17.9 Å². The lowest BCUT2D eigenvalue weighted by atomic mass is 10.0. The molecule has 3 rings (SSSR count). The minimum atomic E-state index is -0.828. The van der Waals surface area contributed by atoms with Crippen molar-refractivity contribution in [3.63, 3.8) is 0 Å². The molecule has 0 saturated carbocycles. The van der Waals surface area contributed by atoms with Crippen molar-refractivity contribution in [1.29, 1.82) is 5.26 Å². The molecule has 206 valence electrons. The molecule has 0 radical (unpaired) electrons. The Bertz CT molecular complexity index is 1210. The average Bonchev–Trinajstić information content (AvgIpc) is 3.11. The number of pyridine rings is 1. The molecule has 2 saturated heterocycles. The van der Waals surface area contributed by atoms with Crippen molar-refractivity contribution < 1.29 is 19.4 Å². The van der Waals surface area contributed by atoms with Crippen LogP contribution in [0.1, 0.15) is 76.0 Å². The highest BCUT2D eigenvalue weighted by molar-refractivity contribution is 8.26. The van der Waals surface area contributed by atoms with E-state index in [0.29, 0.717) is 71.6 Å². The third kappa shape index (κ3) is 6.84. The van der Waals surface area contributed by atoms with Crippen LogP contribution in [0.2, 0.25) is 0 Å². The van der Waals surface area contributed by atoms with Crippen LogP contribution in [-0.4, -0.2) is 62.6 Å². The fraction of sp³-hybridized carbons (Fsp3) is 0.593. The number of ether oxygens (including phenoxy) is 1. The van der Waals surface area contributed by atoms with Crippen LogP contribution in [0.15, 0.2) is 9.70 Å². The summed E-state index contributed by atoms with van der Waals surface area (Å²) in [4.78, 5) is 41.7. The largest absolute Gasteiger partial charge is 0.481 e. The van der Waals surface area contributed by atoms with Crippen molar-refractivity contribution in [2.24, 2.45) is 0 Å². The molecule has 11 heteroatoms. The van der Waals surface area contributed by atoms with E-state index in [1.807, 2.05) is 13.8 Å². The van der Waals surface area contributed by atoms with Gasteiger partial charge in [0, 0.05) is 38.2 Å². The molecule has 2 unspecified atom stereocenters. The molecule has 2 aliphatic heterocycles. The summed E-state index contributed by atoms with van der Waals surface area (Å²) in [5, 5.41) is 18.7. The number of thioether (sulfide) groups is 1. The number of hydrogen-bond donors (Lipinski definition) is 1. The third-order valence-corrected chi connectivity index (χ3v) is 8.10. The highest BCUT2D eigenvalue weighted by Crippen LogP contribution is 2.36. The van der Waals surface area contributed by atoms with Gasteiger partial charge in [-0.2, -0.15) is 5.26 Å². The number of carboxylic acids is 1. The molecule has 2 atom stereocenters. The maximum absolute atomic E-state index is 13.4. The van der Waals surface area contributed by atoms with Gasteiger partial charge in [-0.25, -0.2) is 0 Å². The predicted molar refractivity (Wildman–Crippen MR) is 153 cm³/mol. The van der Waals surface area contributed by atoms with Gasteiger partial charge >= 0.3 is 5.97 Å². The van der Waals surface area contributed by atoms with Crippen LogP contribution in [0.25, 0.3) is 6.08 Å². The zero-order valence-corrected chi connectivity index (χ0v) is 24.1. The molecule has 3 heterocycles. The van der Waals surface area contributed by atoms with E-state index in [4.69, 9.17) is 22.1 Å². The van der Waals surface area contributed by atoms with Crippen LogP contribution < -0.4 is 10.5 Å². The zero-order valence-electron chi connectivity index (χ0n) is 22.5. The minimum Gasteiger partial charge on any atom is -0.481 e. The Morgan fingerprint density at radius 1 is 1.18 bits per heavy atom. The fourth-order valence-corrected chi connectivity index (χ4v) is 6.20.